The van der Waals surface area contributed by atoms with Crippen molar-refractivity contribution in [2.75, 3.05) is 31.5 Å². The van der Waals surface area contributed by atoms with Crippen LogP contribution in [-0.4, -0.2) is 47.5 Å². The number of carbonyl (C=O) groups is 2. The summed E-state index contributed by atoms with van der Waals surface area (Å²) < 4.78 is 1.39. The van der Waals surface area contributed by atoms with Crippen molar-refractivity contribution >= 4 is 17.5 Å². The van der Waals surface area contributed by atoms with Crippen LogP contribution in [-0.2, 0) is 11.3 Å². The number of hydrogen-bond acceptors (Lipinski definition) is 4. The molecule has 0 spiro atoms. The Kier molecular flexibility index (Phi) is 8.00. The highest BCUT2D eigenvalue weighted by Crippen LogP contribution is 2.09. The second-order valence-corrected chi connectivity index (χ2v) is 8.21. The van der Waals surface area contributed by atoms with E-state index in [9.17, 15) is 14.4 Å². The van der Waals surface area contributed by atoms with Crippen molar-refractivity contribution < 1.29 is 9.59 Å². The van der Waals surface area contributed by atoms with Crippen LogP contribution in [0.1, 0.15) is 47.3 Å². The highest BCUT2D eigenvalue weighted by Gasteiger charge is 2.14. The zero-order valence-electron chi connectivity index (χ0n) is 18.4. The van der Waals surface area contributed by atoms with Crippen LogP contribution in [0.2, 0.25) is 0 Å². The lowest BCUT2D eigenvalue weighted by atomic mass is 10.1. The molecule has 0 radical (unpaired) electrons. The number of hydrogen-bond donors (Lipinski definition) is 2. The van der Waals surface area contributed by atoms with Crippen LogP contribution >= 0.6 is 0 Å². The number of aromatic nitrogens is 1. The molecule has 1 aromatic carbocycles. The Hall–Kier alpha value is -2.93. The summed E-state index contributed by atoms with van der Waals surface area (Å²) in [4.78, 5) is 40.2. The van der Waals surface area contributed by atoms with Crippen molar-refractivity contribution in [3.63, 3.8) is 0 Å². The summed E-state index contributed by atoms with van der Waals surface area (Å²) in [6.07, 6.45) is 4.98. The fourth-order valence-electron chi connectivity index (χ4n) is 3.77. The first kappa shape index (κ1) is 22.7. The number of benzene rings is 1. The minimum Gasteiger partial charge on any atom is -0.353 e. The third-order valence-corrected chi connectivity index (χ3v) is 5.71. The van der Waals surface area contributed by atoms with E-state index in [2.05, 4.69) is 15.5 Å². The zero-order chi connectivity index (χ0) is 22.2. The molecule has 1 aromatic heterocycles. The maximum atomic E-state index is 12.9. The number of anilines is 1. The van der Waals surface area contributed by atoms with Gasteiger partial charge in [-0.2, -0.15) is 0 Å². The van der Waals surface area contributed by atoms with Gasteiger partial charge < -0.3 is 20.1 Å². The van der Waals surface area contributed by atoms with Gasteiger partial charge in [0.05, 0.1) is 0 Å². The summed E-state index contributed by atoms with van der Waals surface area (Å²) in [5, 5.41) is 5.59. The predicted octanol–water partition coefficient (Wildman–Crippen LogP) is 2.71. The normalized spacial score (nSPS) is 14.6. The highest BCUT2D eigenvalue weighted by atomic mass is 16.2. The minimum absolute atomic E-state index is 0.0705. The fraction of sp³-hybridized carbons (Fsp3) is 0.458. The van der Waals surface area contributed by atoms with Crippen molar-refractivity contribution in [3.8, 4) is 0 Å². The van der Waals surface area contributed by atoms with Gasteiger partial charge in [0.2, 0.25) is 5.91 Å². The number of aryl methyl sites for hydroxylation is 2. The molecule has 0 aliphatic carbocycles. The Labute approximate surface area is 183 Å². The molecule has 0 atom stereocenters. The van der Waals surface area contributed by atoms with Gasteiger partial charge in [0.25, 0.3) is 11.5 Å². The molecule has 2 N–H and O–H groups in total. The maximum Gasteiger partial charge on any atom is 0.274 e. The van der Waals surface area contributed by atoms with Crippen molar-refractivity contribution in [2.24, 2.45) is 0 Å². The lowest BCUT2D eigenvalue weighted by Gasteiger charge is -2.20. The first-order chi connectivity index (χ1) is 14.9. The minimum atomic E-state index is -0.386. The number of nitrogens with zero attached hydrogens (tertiary/aromatic N) is 2. The van der Waals surface area contributed by atoms with Gasteiger partial charge in [0.15, 0.2) is 0 Å². The third kappa shape index (κ3) is 6.52. The van der Waals surface area contributed by atoms with Crippen LogP contribution in [0.25, 0.3) is 0 Å². The van der Waals surface area contributed by atoms with E-state index in [4.69, 9.17) is 0 Å². The van der Waals surface area contributed by atoms with E-state index < -0.39 is 0 Å². The van der Waals surface area contributed by atoms with E-state index >= 15 is 0 Å². The standard InChI is InChI=1S/C24H32N4O3/c1-18-7-10-20(11-8-18)23(30)26-21-12-9-19(2)28(24(21)31)17-22(29)25-13-16-27-14-5-3-4-6-15-27/h7-12H,3-6,13-17H2,1-2H3,(H,25,29)(H,26,30). The van der Waals surface area contributed by atoms with Gasteiger partial charge in [-0.1, -0.05) is 30.5 Å². The number of carbonyl (C=O) groups excluding carboxylic acids is 2. The average Bonchev–Trinajstić information content (AvgIpc) is 3.02. The number of pyridine rings is 1. The molecule has 0 bridgehead atoms. The molecule has 166 valence electrons. The zero-order valence-corrected chi connectivity index (χ0v) is 18.4. The monoisotopic (exact) mass is 424 g/mol. The number of likely N-dealkylation sites (tertiary alicyclic amines) is 1. The number of amides is 2. The van der Waals surface area contributed by atoms with Gasteiger partial charge in [-0.15, -0.1) is 0 Å². The second-order valence-electron chi connectivity index (χ2n) is 8.21. The molecule has 1 aliphatic heterocycles. The Bertz CT molecular complexity index is 958. The first-order valence-electron chi connectivity index (χ1n) is 11.0. The van der Waals surface area contributed by atoms with Crippen LogP contribution in [0.4, 0.5) is 5.69 Å². The van der Waals surface area contributed by atoms with Gasteiger partial charge in [-0.25, -0.2) is 0 Å². The quantitative estimate of drug-likeness (QED) is 0.716. The SMILES string of the molecule is Cc1ccc(C(=O)Nc2ccc(C)n(CC(=O)NCCN3CCCCCC3)c2=O)cc1. The molecule has 1 saturated heterocycles. The van der Waals surface area contributed by atoms with Crippen LogP contribution in [0.15, 0.2) is 41.2 Å². The van der Waals surface area contributed by atoms with Crippen molar-refractivity contribution in [2.45, 2.75) is 46.1 Å². The Balaban J connectivity index is 1.59. The number of rotatable bonds is 7. The van der Waals surface area contributed by atoms with Crippen LogP contribution in [0.5, 0.6) is 0 Å². The first-order valence-corrected chi connectivity index (χ1v) is 11.0. The Morgan fingerprint density at radius 1 is 0.935 bits per heavy atom. The summed E-state index contributed by atoms with van der Waals surface area (Å²) in [7, 11) is 0. The molecule has 7 nitrogen and oxygen atoms in total. The van der Waals surface area contributed by atoms with Gasteiger partial charge in [0.1, 0.15) is 12.2 Å². The van der Waals surface area contributed by atoms with E-state index in [-0.39, 0.29) is 29.6 Å². The predicted molar refractivity (Wildman–Crippen MR) is 122 cm³/mol. The summed E-state index contributed by atoms with van der Waals surface area (Å²) in [5.41, 5.74) is 1.97. The van der Waals surface area contributed by atoms with Crippen LogP contribution in [0, 0.1) is 13.8 Å². The lowest BCUT2D eigenvalue weighted by molar-refractivity contribution is -0.121. The Morgan fingerprint density at radius 3 is 2.29 bits per heavy atom. The van der Waals surface area contributed by atoms with Gasteiger partial charge in [-0.05, 0) is 64.0 Å². The topological polar surface area (TPSA) is 83.4 Å². The third-order valence-electron chi connectivity index (χ3n) is 5.71. The molecule has 1 aliphatic rings. The molecular weight excluding hydrogens is 392 g/mol. The lowest BCUT2D eigenvalue weighted by Crippen LogP contribution is -2.39. The summed E-state index contributed by atoms with van der Waals surface area (Å²) in [6, 6.07) is 10.4. The second kappa shape index (κ2) is 10.9. The molecule has 2 aromatic rings. The molecule has 7 heteroatoms. The summed E-state index contributed by atoms with van der Waals surface area (Å²) in [6.45, 7) is 7.20. The van der Waals surface area contributed by atoms with E-state index in [1.807, 2.05) is 19.1 Å². The van der Waals surface area contributed by atoms with E-state index in [1.54, 1.807) is 31.2 Å². The average molecular weight is 425 g/mol. The molecule has 0 unspecified atom stereocenters. The van der Waals surface area contributed by atoms with E-state index in [1.165, 1.54) is 30.3 Å². The number of nitrogens with one attached hydrogen (secondary N) is 2. The van der Waals surface area contributed by atoms with Gasteiger partial charge in [0, 0.05) is 24.3 Å². The molecule has 31 heavy (non-hydrogen) atoms. The van der Waals surface area contributed by atoms with Crippen LogP contribution in [0.3, 0.4) is 0 Å². The fourth-order valence-corrected chi connectivity index (χ4v) is 3.77. The molecule has 0 saturated carbocycles. The van der Waals surface area contributed by atoms with Crippen LogP contribution < -0.4 is 16.2 Å². The van der Waals surface area contributed by atoms with Gasteiger partial charge >= 0.3 is 0 Å². The van der Waals surface area contributed by atoms with Gasteiger partial charge in [-0.3, -0.25) is 14.4 Å². The summed E-state index contributed by atoms with van der Waals surface area (Å²) in [5.74, 6) is -0.559. The summed E-state index contributed by atoms with van der Waals surface area (Å²) >= 11 is 0. The van der Waals surface area contributed by atoms with Crippen molar-refractivity contribution in [1.29, 1.82) is 0 Å². The van der Waals surface area contributed by atoms with E-state index in [0.29, 0.717) is 17.8 Å². The van der Waals surface area contributed by atoms with E-state index in [0.717, 1.165) is 25.2 Å². The molecule has 1 fully saturated rings. The maximum absolute atomic E-state index is 12.9. The largest absolute Gasteiger partial charge is 0.353 e. The Morgan fingerprint density at radius 2 is 1.61 bits per heavy atom. The molecule has 2 amide bonds. The highest BCUT2D eigenvalue weighted by molar-refractivity contribution is 6.04. The molecule has 2 heterocycles. The van der Waals surface area contributed by atoms with Crippen molar-refractivity contribution in [3.05, 3.63) is 63.6 Å². The molecule has 3 rings (SSSR count). The molecular formula is C24H32N4O3. The smallest absolute Gasteiger partial charge is 0.274 e. The van der Waals surface area contributed by atoms with Crippen molar-refractivity contribution in [1.82, 2.24) is 14.8 Å².